The second-order valence-electron chi connectivity index (χ2n) is 3.62. The number of fused-ring (bicyclic) bond motifs is 1. The van der Waals surface area contributed by atoms with Gasteiger partial charge in [-0.05, 0) is 40.7 Å². The van der Waals surface area contributed by atoms with E-state index in [9.17, 15) is 4.79 Å². The molecule has 0 bridgehead atoms. The second-order valence-corrected chi connectivity index (χ2v) is 4.47. The van der Waals surface area contributed by atoms with E-state index in [2.05, 4.69) is 26.6 Å². The monoisotopic (exact) mass is 300 g/mol. The van der Waals surface area contributed by atoms with Crippen molar-refractivity contribution in [2.75, 3.05) is 20.4 Å². The van der Waals surface area contributed by atoms with Crippen molar-refractivity contribution in [3.05, 3.63) is 22.2 Å². The van der Waals surface area contributed by atoms with Gasteiger partial charge in [0.25, 0.3) is 0 Å². The van der Waals surface area contributed by atoms with Gasteiger partial charge in [0, 0.05) is 6.54 Å². The predicted molar refractivity (Wildman–Crippen MR) is 66.0 cm³/mol. The van der Waals surface area contributed by atoms with Gasteiger partial charge in [-0.2, -0.15) is 0 Å². The SMILES string of the molecule is CNCC(=O)NCc1cc(Br)c2c(c1)OCO2. The molecule has 92 valence electrons. The van der Waals surface area contributed by atoms with Gasteiger partial charge in [0.1, 0.15) is 0 Å². The summed E-state index contributed by atoms with van der Waals surface area (Å²) in [5.41, 5.74) is 0.963. The Morgan fingerprint density at radius 2 is 2.29 bits per heavy atom. The van der Waals surface area contributed by atoms with Crippen LogP contribution in [0, 0.1) is 0 Å². The van der Waals surface area contributed by atoms with Crippen LogP contribution in [0.3, 0.4) is 0 Å². The van der Waals surface area contributed by atoms with E-state index in [1.54, 1.807) is 7.05 Å². The number of nitrogens with one attached hydrogen (secondary N) is 2. The molecule has 0 aromatic heterocycles. The van der Waals surface area contributed by atoms with Gasteiger partial charge in [-0.1, -0.05) is 0 Å². The Hall–Kier alpha value is -1.27. The largest absolute Gasteiger partial charge is 0.454 e. The van der Waals surface area contributed by atoms with Crippen LogP contribution in [0.5, 0.6) is 11.5 Å². The van der Waals surface area contributed by atoms with Crippen LogP contribution in [0.4, 0.5) is 0 Å². The van der Waals surface area contributed by atoms with Crippen LogP contribution in [0.25, 0.3) is 0 Å². The third kappa shape index (κ3) is 2.89. The molecule has 17 heavy (non-hydrogen) atoms. The van der Waals surface area contributed by atoms with Gasteiger partial charge in [-0.25, -0.2) is 0 Å². The molecule has 0 saturated carbocycles. The Bertz CT molecular complexity index is 437. The average Bonchev–Trinajstić information content (AvgIpc) is 2.75. The van der Waals surface area contributed by atoms with Gasteiger partial charge >= 0.3 is 0 Å². The van der Waals surface area contributed by atoms with Crippen molar-refractivity contribution in [1.82, 2.24) is 10.6 Å². The lowest BCUT2D eigenvalue weighted by atomic mass is 10.2. The van der Waals surface area contributed by atoms with E-state index >= 15 is 0 Å². The number of benzene rings is 1. The summed E-state index contributed by atoms with van der Waals surface area (Å²) in [5.74, 6) is 1.38. The Balaban J connectivity index is 2.02. The Kier molecular flexibility index (Phi) is 3.86. The summed E-state index contributed by atoms with van der Waals surface area (Å²) >= 11 is 3.41. The molecule has 1 aliphatic heterocycles. The molecule has 0 spiro atoms. The number of halogens is 1. The molecule has 0 aliphatic carbocycles. The first-order valence-electron chi connectivity index (χ1n) is 5.20. The highest BCUT2D eigenvalue weighted by Gasteiger charge is 2.17. The number of ether oxygens (including phenoxy) is 2. The third-order valence-corrected chi connectivity index (χ3v) is 2.90. The molecule has 1 aliphatic rings. The quantitative estimate of drug-likeness (QED) is 0.871. The summed E-state index contributed by atoms with van der Waals surface area (Å²) in [4.78, 5) is 11.3. The first-order valence-corrected chi connectivity index (χ1v) is 5.99. The third-order valence-electron chi connectivity index (χ3n) is 2.31. The molecule has 1 aromatic rings. The highest BCUT2D eigenvalue weighted by molar-refractivity contribution is 9.10. The van der Waals surface area contributed by atoms with Crippen molar-refractivity contribution < 1.29 is 14.3 Å². The predicted octanol–water partition coefficient (Wildman–Crippen LogP) is 1.01. The van der Waals surface area contributed by atoms with E-state index in [1.807, 2.05) is 12.1 Å². The molecular weight excluding hydrogens is 288 g/mol. The van der Waals surface area contributed by atoms with Gasteiger partial charge in [0.2, 0.25) is 12.7 Å². The van der Waals surface area contributed by atoms with Gasteiger partial charge in [0.05, 0.1) is 11.0 Å². The molecule has 1 heterocycles. The van der Waals surface area contributed by atoms with Crippen LogP contribution in [-0.2, 0) is 11.3 Å². The molecule has 0 radical (unpaired) electrons. The zero-order valence-electron chi connectivity index (χ0n) is 9.38. The first-order chi connectivity index (χ1) is 8.20. The van der Waals surface area contributed by atoms with Crippen molar-refractivity contribution in [3.8, 4) is 11.5 Å². The van der Waals surface area contributed by atoms with Crippen molar-refractivity contribution in [2.24, 2.45) is 0 Å². The summed E-state index contributed by atoms with van der Waals surface area (Å²) < 4.78 is 11.4. The number of rotatable bonds is 4. The minimum atomic E-state index is -0.0405. The Morgan fingerprint density at radius 1 is 1.47 bits per heavy atom. The van der Waals surface area contributed by atoms with Crippen LogP contribution in [-0.4, -0.2) is 26.3 Å². The van der Waals surface area contributed by atoms with Crippen LogP contribution < -0.4 is 20.1 Å². The lowest BCUT2D eigenvalue weighted by Crippen LogP contribution is -2.31. The zero-order valence-corrected chi connectivity index (χ0v) is 11.0. The summed E-state index contributed by atoms with van der Waals surface area (Å²) in [6.07, 6.45) is 0. The fourth-order valence-corrected chi connectivity index (χ4v) is 2.15. The molecular formula is C11H13BrN2O3. The topological polar surface area (TPSA) is 59.6 Å². The lowest BCUT2D eigenvalue weighted by molar-refractivity contribution is -0.120. The normalized spacial score (nSPS) is 12.6. The lowest BCUT2D eigenvalue weighted by Gasteiger charge is -2.07. The van der Waals surface area contributed by atoms with Crippen molar-refractivity contribution in [2.45, 2.75) is 6.54 Å². The number of carbonyl (C=O) groups excluding carboxylic acids is 1. The van der Waals surface area contributed by atoms with Crippen molar-refractivity contribution >= 4 is 21.8 Å². The molecule has 0 fully saturated rings. The van der Waals surface area contributed by atoms with Crippen molar-refractivity contribution in [1.29, 1.82) is 0 Å². The summed E-state index contributed by atoms with van der Waals surface area (Å²) in [6, 6.07) is 3.78. The number of hydrogen-bond acceptors (Lipinski definition) is 4. The second kappa shape index (κ2) is 5.37. The fraction of sp³-hybridized carbons (Fsp3) is 0.364. The number of carbonyl (C=O) groups is 1. The highest BCUT2D eigenvalue weighted by Crippen LogP contribution is 2.39. The molecule has 6 heteroatoms. The van der Waals surface area contributed by atoms with Gasteiger partial charge in [0.15, 0.2) is 11.5 Å². The molecule has 5 nitrogen and oxygen atoms in total. The van der Waals surface area contributed by atoms with Gasteiger partial charge in [-0.3, -0.25) is 4.79 Å². The van der Waals surface area contributed by atoms with E-state index in [1.165, 1.54) is 0 Å². The smallest absolute Gasteiger partial charge is 0.234 e. The maximum absolute atomic E-state index is 11.3. The molecule has 1 aromatic carbocycles. The molecule has 0 unspecified atom stereocenters. The maximum Gasteiger partial charge on any atom is 0.234 e. The summed E-state index contributed by atoms with van der Waals surface area (Å²) in [7, 11) is 1.73. The maximum atomic E-state index is 11.3. The van der Waals surface area contributed by atoms with E-state index in [0.717, 1.165) is 15.8 Å². The standard InChI is InChI=1S/C11H13BrN2O3/c1-13-5-10(15)14-4-7-2-8(12)11-9(3-7)16-6-17-11/h2-3,13H,4-6H2,1H3,(H,14,15). The minimum Gasteiger partial charge on any atom is -0.454 e. The van der Waals surface area contributed by atoms with E-state index in [0.29, 0.717) is 18.8 Å². The van der Waals surface area contributed by atoms with Crippen molar-refractivity contribution in [3.63, 3.8) is 0 Å². The molecule has 0 saturated heterocycles. The van der Waals surface area contributed by atoms with E-state index < -0.39 is 0 Å². The molecule has 2 rings (SSSR count). The molecule has 1 amide bonds. The van der Waals surface area contributed by atoms with Crippen LogP contribution in [0.2, 0.25) is 0 Å². The number of likely N-dealkylation sites (N-methyl/N-ethyl adjacent to an activating group) is 1. The Labute approximate surface area is 108 Å². The van der Waals surface area contributed by atoms with Crippen LogP contribution in [0.15, 0.2) is 16.6 Å². The molecule has 2 N–H and O–H groups in total. The van der Waals surface area contributed by atoms with Crippen LogP contribution in [0.1, 0.15) is 5.56 Å². The van der Waals surface area contributed by atoms with Gasteiger partial charge in [-0.15, -0.1) is 0 Å². The first kappa shape index (κ1) is 12.2. The molecule has 0 atom stereocenters. The fourth-order valence-electron chi connectivity index (χ4n) is 1.55. The van der Waals surface area contributed by atoms with E-state index in [-0.39, 0.29) is 12.7 Å². The minimum absolute atomic E-state index is 0.0405. The zero-order chi connectivity index (χ0) is 12.3. The average molecular weight is 301 g/mol. The number of hydrogen-bond donors (Lipinski definition) is 2. The highest BCUT2D eigenvalue weighted by atomic mass is 79.9. The summed E-state index contributed by atoms with van der Waals surface area (Å²) in [5, 5.41) is 5.59. The summed E-state index contributed by atoms with van der Waals surface area (Å²) in [6.45, 7) is 1.02. The van der Waals surface area contributed by atoms with Crippen LogP contribution >= 0.6 is 15.9 Å². The Morgan fingerprint density at radius 3 is 3.06 bits per heavy atom. The van der Waals surface area contributed by atoms with Gasteiger partial charge < -0.3 is 20.1 Å². The number of amides is 1. The van der Waals surface area contributed by atoms with E-state index in [4.69, 9.17) is 9.47 Å².